The van der Waals surface area contributed by atoms with E-state index in [1.807, 2.05) is 0 Å². The summed E-state index contributed by atoms with van der Waals surface area (Å²) in [5, 5.41) is 0. The molecule has 0 aliphatic carbocycles. The fourth-order valence-corrected chi connectivity index (χ4v) is 4.90. The van der Waals surface area contributed by atoms with E-state index >= 15 is 0 Å². The van der Waals surface area contributed by atoms with Crippen molar-refractivity contribution >= 4 is 67.5 Å². The predicted octanol–water partition coefficient (Wildman–Crippen LogP) is 3.49. The van der Waals surface area contributed by atoms with Gasteiger partial charge in [0.25, 0.3) is 10.0 Å². The van der Waals surface area contributed by atoms with Crippen molar-refractivity contribution in [1.29, 1.82) is 0 Å². The lowest BCUT2D eigenvalue weighted by Crippen LogP contribution is -2.17. The Hall–Kier alpha value is -0.860. The van der Waals surface area contributed by atoms with Crippen LogP contribution in [0.3, 0.4) is 0 Å². The third kappa shape index (κ3) is 3.24. The zero-order chi connectivity index (χ0) is 14.9. The highest BCUT2D eigenvalue weighted by Crippen LogP contribution is 2.35. The van der Waals surface area contributed by atoms with E-state index in [-0.39, 0.29) is 18.6 Å². The van der Waals surface area contributed by atoms with Crippen molar-refractivity contribution in [2.45, 2.75) is 4.90 Å². The summed E-state index contributed by atoms with van der Waals surface area (Å²) in [7, 11) is -3.85. The fourth-order valence-electron chi connectivity index (χ4n) is 1.50. The molecule has 0 unspecified atom stereocenters. The molecule has 0 atom stereocenters. The van der Waals surface area contributed by atoms with Crippen LogP contribution in [0.2, 0.25) is 8.67 Å². The molecule has 4 nitrogen and oxygen atoms in total. The molecule has 0 amide bonds. The van der Waals surface area contributed by atoms with Crippen molar-refractivity contribution in [1.82, 2.24) is 0 Å². The van der Waals surface area contributed by atoms with Gasteiger partial charge in [-0.25, -0.2) is 8.42 Å². The molecule has 20 heavy (non-hydrogen) atoms. The molecule has 0 spiro atoms. The van der Waals surface area contributed by atoms with E-state index in [2.05, 4.69) is 4.72 Å². The number of para-hydroxylation sites is 1. The largest absolute Gasteiger partial charge is 0.389 e. The van der Waals surface area contributed by atoms with Crippen LogP contribution in [0.4, 0.5) is 5.69 Å². The molecule has 0 aliphatic heterocycles. The third-order valence-corrected chi connectivity index (χ3v) is 5.69. The van der Waals surface area contributed by atoms with E-state index in [9.17, 15) is 8.42 Å². The monoisotopic (exact) mass is 366 g/mol. The van der Waals surface area contributed by atoms with Crippen LogP contribution in [-0.4, -0.2) is 13.4 Å². The van der Waals surface area contributed by atoms with E-state index in [1.54, 1.807) is 24.3 Å². The van der Waals surface area contributed by atoms with Gasteiger partial charge in [0.2, 0.25) is 0 Å². The molecule has 0 fully saturated rings. The minimum Gasteiger partial charge on any atom is -0.389 e. The Labute approximate surface area is 135 Å². The average Bonchev–Trinajstić information content (AvgIpc) is 2.69. The van der Waals surface area contributed by atoms with E-state index in [0.717, 1.165) is 11.3 Å². The number of hydrogen-bond acceptors (Lipinski definition) is 4. The van der Waals surface area contributed by atoms with Crippen molar-refractivity contribution in [3.05, 3.63) is 44.6 Å². The molecule has 2 rings (SSSR count). The SMILES string of the molecule is NC(=S)c1ccccc1NS(=O)(=O)c1cc(Cl)sc1Cl. The first-order valence-corrected chi connectivity index (χ1v) is 8.64. The normalized spacial score (nSPS) is 11.3. The lowest BCUT2D eigenvalue weighted by atomic mass is 10.2. The molecule has 0 saturated heterocycles. The molecule has 2 aromatic rings. The highest BCUT2D eigenvalue weighted by atomic mass is 35.5. The highest BCUT2D eigenvalue weighted by Gasteiger charge is 2.22. The first kappa shape index (κ1) is 15.5. The Morgan fingerprint density at radius 2 is 1.95 bits per heavy atom. The van der Waals surface area contributed by atoms with Crippen molar-refractivity contribution in [3.63, 3.8) is 0 Å². The van der Waals surface area contributed by atoms with Gasteiger partial charge in [0.05, 0.1) is 10.0 Å². The molecule has 9 heteroatoms. The number of hydrogen-bond donors (Lipinski definition) is 2. The molecule has 0 radical (unpaired) electrons. The third-order valence-electron chi connectivity index (χ3n) is 2.35. The van der Waals surface area contributed by atoms with Gasteiger partial charge in [0.15, 0.2) is 0 Å². The van der Waals surface area contributed by atoms with Gasteiger partial charge in [-0.1, -0.05) is 47.6 Å². The minimum atomic E-state index is -3.85. The summed E-state index contributed by atoms with van der Waals surface area (Å²) in [5.74, 6) is 0. The van der Waals surface area contributed by atoms with E-state index < -0.39 is 10.0 Å². The lowest BCUT2D eigenvalue weighted by Gasteiger charge is -2.11. The highest BCUT2D eigenvalue weighted by molar-refractivity contribution is 7.93. The average molecular weight is 367 g/mol. The minimum absolute atomic E-state index is 0.0769. The van der Waals surface area contributed by atoms with Crippen LogP contribution in [0.15, 0.2) is 35.2 Å². The topological polar surface area (TPSA) is 72.2 Å². The summed E-state index contributed by atoms with van der Waals surface area (Å²) >= 11 is 17.5. The summed E-state index contributed by atoms with van der Waals surface area (Å²) in [4.78, 5) is 0.0182. The maximum absolute atomic E-state index is 12.3. The smallest absolute Gasteiger partial charge is 0.264 e. The first-order valence-electron chi connectivity index (χ1n) is 5.18. The predicted molar refractivity (Wildman–Crippen MR) is 87.5 cm³/mol. The van der Waals surface area contributed by atoms with Crippen molar-refractivity contribution in [2.24, 2.45) is 5.73 Å². The number of halogens is 2. The summed E-state index contributed by atoms with van der Waals surface area (Å²) in [6.07, 6.45) is 0. The Morgan fingerprint density at radius 3 is 2.50 bits per heavy atom. The van der Waals surface area contributed by atoms with Gasteiger partial charge in [-0.2, -0.15) is 0 Å². The van der Waals surface area contributed by atoms with Gasteiger partial charge in [-0.05, 0) is 18.2 Å². The number of rotatable bonds is 4. The number of thiophene rings is 1. The standard InChI is InChI=1S/C11H8Cl2N2O2S3/c12-9-5-8(10(13)19-9)20(16,17)15-7-4-2-1-3-6(7)11(14)18/h1-5,15H,(H2,14,18). The maximum Gasteiger partial charge on any atom is 0.264 e. The van der Waals surface area contributed by atoms with Crippen LogP contribution in [0.1, 0.15) is 5.56 Å². The molecule has 1 heterocycles. The summed E-state index contributed by atoms with van der Waals surface area (Å²) in [6.45, 7) is 0. The molecule has 3 N–H and O–H groups in total. The van der Waals surface area contributed by atoms with Crippen LogP contribution < -0.4 is 10.5 Å². The number of benzene rings is 1. The summed E-state index contributed by atoms with van der Waals surface area (Å²) < 4.78 is 27.3. The van der Waals surface area contributed by atoms with Gasteiger partial charge in [0, 0.05) is 5.56 Å². The number of sulfonamides is 1. The van der Waals surface area contributed by atoms with Crippen LogP contribution in [0, 0.1) is 0 Å². The van der Waals surface area contributed by atoms with Crippen LogP contribution in [-0.2, 0) is 10.0 Å². The first-order chi connectivity index (χ1) is 9.31. The Bertz CT molecular complexity index is 772. The number of nitrogens with one attached hydrogen (secondary N) is 1. The number of nitrogens with two attached hydrogens (primary N) is 1. The maximum atomic E-state index is 12.3. The Morgan fingerprint density at radius 1 is 1.30 bits per heavy atom. The molecule has 0 aliphatic rings. The molecule has 106 valence electrons. The lowest BCUT2D eigenvalue weighted by molar-refractivity contribution is 0.601. The summed E-state index contributed by atoms with van der Waals surface area (Å²) in [5.41, 5.74) is 6.28. The molecule has 0 bridgehead atoms. The number of anilines is 1. The second kappa shape index (κ2) is 5.87. The van der Waals surface area contributed by atoms with Crippen molar-refractivity contribution < 1.29 is 8.42 Å². The zero-order valence-corrected chi connectivity index (χ0v) is 13.7. The second-order valence-corrected chi connectivity index (χ2v) is 8.08. The number of thiocarbonyl (C=S) groups is 1. The van der Waals surface area contributed by atoms with Gasteiger partial charge >= 0.3 is 0 Å². The summed E-state index contributed by atoms with van der Waals surface area (Å²) in [6, 6.07) is 7.86. The second-order valence-electron chi connectivity index (χ2n) is 3.70. The van der Waals surface area contributed by atoms with Gasteiger partial charge in [0.1, 0.15) is 14.2 Å². The zero-order valence-electron chi connectivity index (χ0n) is 9.76. The van der Waals surface area contributed by atoms with E-state index in [1.165, 1.54) is 6.07 Å². The quantitative estimate of drug-likeness (QED) is 0.812. The van der Waals surface area contributed by atoms with Crippen LogP contribution in [0.25, 0.3) is 0 Å². The van der Waals surface area contributed by atoms with E-state index in [0.29, 0.717) is 11.3 Å². The van der Waals surface area contributed by atoms with Crippen molar-refractivity contribution in [3.8, 4) is 0 Å². The van der Waals surface area contributed by atoms with Gasteiger partial charge in [-0.3, -0.25) is 4.72 Å². The van der Waals surface area contributed by atoms with Gasteiger partial charge < -0.3 is 5.73 Å². The molecular weight excluding hydrogens is 359 g/mol. The molecule has 1 aromatic heterocycles. The van der Waals surface area contributed by atoms with Crippen LogP contribution >= 0.6 is 46.8 Å². The van der Waals surface area contributed by atoms with Crippen LogP contribution in [0.5, 0.6) is 0 Å². The molecular formula is C11H8Cl2N2O2S3. The molecule has 0 saturated carbocycles. The Kier molecular flexibility index (Phi) is 4.55. The Balaban J connectivity index is 2.44. The van der Waals surface area contributed by atoms with E-state index in [4.69, 9.17) is 41.2 Å². The fraction of sp³-hybridized carbons (Fsp3) is 0. The van der Waals surface area contributed by atoms with Gasteiger partial charge in [-0.15, -0.1) is 11.3 Å². The molecule has 1 aromatic carbocycles. The van der Waals surface area contributed by atoms with Crippen molar-refractivity contribution in [2.75, 3.05) is 4.72 Å².